The molecule has 0 bridgehead atoms. The number of aliphatic carboxylic acids is 1. The van der Waals surface area contributed by atoms with Crippen LogP contribution in [0.15, 0.2) is 10.2 Å². The van der Waals surface area contributed by atoms with Crippen molar-refractivity contribution in [3.05, 3.63) is 0 Å². The maximum Gasteiger partial charge on any atom is 0.322 e. The molecule has 0 spiro atoms. The molecule has 0 aromatic rings. The van der Waals surface area contributed by atoms with E-state index in [4.69, 9.17) is 29.5 Å². The minimum absolute atomic E-state index is 0.119. The number of carboxylic acids is 1. The highest BCUT2D eigenvalue weighted by Gasteiger charge is 2.00. The summed E-state index contributed by atoms with van der Waals surface area (Å²) < 4.78 is 0. The first-order chi connectivity index (χ1) is 8.86. The Morgan fingerprint density at radius 3 is 2.00 bits per heavy atom. The van der Waals surface area contributed by atoms with Gasteiger partial charge in [0.05, 0.1) is 11.4 Å². The van der Waals surface area contributed by atoms with Gasteiger partial charge in [0.2, 0.25) is 0 Å². The zero-order valence-corrected chi connectivity index (χ0v) is 12.4. The molecule has 10 heteroatoms. The van der Waals surface area contributed by atoms with E-state index in [2.05, 4.69) is 31.7 Å². The van der Waals surface area contributed by atoms with Gasteiger partial charge in [-0.1, -0.05) is 0 Å². The number of thiocarbonyl (C=S) groups is 2. The Morgan fingerprint density at radius 1 is 1.11 bits per heavy atom. The second kappa shape index (κ2) is 9.16. The lowest BCUT2D eigenvalue weighted by Gasteiger charge is -2.06. The smallest absolute Gasteiger partial charge is 0.322 e. The Balaban J connectivity index is 4.28. The van der Waals surface area contributed by atoms with E-state index in [9.17, 15) is 4.79 Å². The van der Waals surface area contributed by atoms with E-state index in [1.807, 2.05) is 0 Å². The van der Waals surface area contributed by atoms with Gasteiger partial charge in [-0.2, -0.15) is 10.2 Å². The maximum absolute atomic E-state index is 10.3. The van der Waals surface area contributed by atoms with Gasteiger partial charge in [0.25, 0.3) is 0 Å². The minimum Gasteiger partial charge on any atom is -0.480 e. The molecule has 0 amide bonds. The van der Waals surface area contributed by atoms with Gasteiger partial charge in [-0.25, -0.2) is 0 Å². The molecule has 0 aromatic carbocycles. The second-order valence-corrected chi connectivity index (χ2v) is 4.09. The van der Waals surface area contributed by atoms with Gasteiger partial charge in [-0.05, 0) is 38.3 Å². The number of nitrogens with zero attached hydrogens (tertiary/aromatic N) is 2. The number of carboxylic acid groups (broad SMARTS) is 1. The molecule has 0 rings (SSSR count). The molecular weight excluding hydrogens is 288 g/mol. The molecule has 0 aromatic heterocycles. The highest BCUT2D eigenvalue weighted by atomic mass is 32.1. The van der Waals surface area contributed by atoms with Crippen molar-refractivity contribution in [1.29, 1.82) is 0 Å². The van der Waals surface area contributed by atoms with E-state index in [-0.39, 0.29) is 11.7 Å². The van der Waals surface area contributed by atoms with Crippen LogP contribution in [0.25, 0.3) is 0 Å². The third kappa shape index (κ3) is 8.85. The number of hydrogen-bond acceptors (Lipinski definition) is 5. The topological polar surface area (TPSA) is 110 Å². The Bertz CT molecular complexity index is 421. The molecular formula is C9H16N6O2S2. The van der Waals surface area contributed by atoms with Crippen LogP contribution in [-0.4, -0.2) is 46.3 Å². The van der Waals surface area contributed by atoms with Crippen LogP contribution in [-0.2, 0) is 4.79 Å². The molecule has 8 nitrogen and oxygen atoms in total. The molecule has 0 aliphatic carbocycles. The predicted molar refractivity (Wildman–Crippen MR) is 82.4 cm³/mol. The summed E-state index contributed by atoms with van der Waals surface area (Å²) in [6.07, 6.45) is 0. The Hall–Kier alpha value is -1.81. The van der Waals surface area contributed by atoms with E-state index >= 15 is 0 Å². The third-order valence-corrected chi connectivity index (χ3v) is 2.33. The third-order valence-electron chi connectivity index (χ3n) is 1.80. The number of nitrogens with one attached hydrogen (secondary N) is 4. The summed E-state index contributed by atoms with van der Waals surface area (Å²) in [6, 6.07) is 0. The average Bonchev–Trinajstić information content (AvgIpc) is 2.38. The monoisotopic (exact) mass is 304 g/mol. The summed E-state index contributed by atoms with van der Waals surface area (Å²) in [5, 5.41) is 22.0. The van der Waals surface area contributed by atoms with Crippen molar-refractivity contribution in [2.75, 3.05) is 13.6 Å². The van der Waals surface area contributed by atoms with Crippen LogP contribution in [0.3, 0.4) is 0 Å². The second-order valence-electron chi connectivity index (χ2n) is 3.27. The largest absolute Gasteiger partial charge is 0.480 e. The van der Waals surface area contributed by atoms with Crippen molar-refractivity contribution < 1.29 is 9.90 Å². The zero-order chi connectivity index (χ0) is 14.8. The van der Waals surface area contributed by atoms with Crippen LogP contribution in [0, 0.1) is 0 Å². The van der Waals surface area contributed by atoms with Gasteiger partial charge < -0.3 is 15.7 Å². The van der Waals surface area contributed by atoms with Gasteiger partial charge >= 0.3 is 5.97 Å². The van der Waals surface area contributed by atoms with Crippen molar-refractivity contribution in [2.24, 2.45) is 10.2 Å². The first-order valence-electron chi connectivity index (χ1n) is 5.19. The SMILES string of the molecule is CNC(=S)N/N=C(C)/C(C)=N/NC(=S)NCC(=O)O. The quantitative estimate of drug-likeness (QED) is 0.260. The van der Waals surface area contributed by atoms with Crippen LogP contribution in [0.4, 0.5) is 0 Å². The molecule has 0 unspecified atom stereocenters. The molecule has 0 aliphatic heterocycles. The van der Waals surface area contributed by atoms with E-state index < -0.39 is 5.97 Å². The first-order valence-corrected chi connectivity index (χ1v) is 6.00. The Kier molecular flexibility index (Phi) is 8.29. The van der Waals surface area contributed by atoms with E-state index in [0.717, 1.165) is 0 Å². The van der Waals surface area contributed by atoms with Gasteiger partial charge in [0, 0.05) is 7.05 Å². The molecule has 0 radical (unpaired) electrons. The highest BCUT2D eigenvalue weighted by molar-refractivity contribution is 7.80. The molecule has 0 aliphatic rings. The summed E-state index contributed by atoms with van der Waals surface area (Å²) in [6.45, 7) is 3.18. The first kappa shape index (κ1) is 17.2. The van der Waals surface area contributed by atoms with Crippen LogP contribution in [0.1, 0.15) is 13.8 Å². The van der Waals surface area contributed by atoms with Crippen molar-refractivity contribution in [3.63, 3.8) is 0 Å². The van der Waals surface area contributed by atoms with Gasteiger partial charge in [0.1, 0.15) is 6.54 Å². The number of rotatable bonds is 5. The fourth-order valence-corrected chi connectivity index (χ4v) is 0.846. The van der Waals surface area contributed by atoms with Crippen molar-refractivity contribution in [3.8, 4) is 0 Å². The molecule has 19 heavy (non-hydrogen) atoms. The number of hydrazone groups is 2. The number of hydrogen-bond donors (Lipinski definition) is 5. The summed E-state index contributed by atoms with van der Waals surface area (Å²) in [4.78, 5) is 10.3. The molecule has 0 fully saturated rings. The average molecular weight is 304 g/mol. The summed E-state index contributed by atoms with van der Waals surface area (Å²) in [5.41, 5.74) is 6.30. The van der Waals surface area contributed by atoms with Crippen LogP contribution in [0.5, 0.6) is 0 Å². The molecule has 0 heterocycles. The molecule has 5 N–H and O–H groups in total. The molecule has 0 atom stereocenters. The fourth-order valence-electron chi connectivity index (χ4n) is 0.682. The predicted octanol–water partition coefficient (Wildman–Crippen LogP) is -0.619. The van der Waals surface area contributed by atoms with Crippen LogP contribution < -0.4 is 21.5 Å². The van der Waals surface area contributed by atoms with Crippen LogP contribution >= 0.6 is 24.4 Å². The van der Waals surface area contributed by atoms with Crippen LogP contribution in [0.2, 0.25) is 0 Å². The fraction of sp³-hybridized carbons (Fsp3) is 0.444. The van der Waals surface area contributed by atoms with Crippen molar-refractivity contribution in [2.45, 2.75) is 13.8 Å². The summed E-state index contributed by atoms with van der Waals surface area (Å²) in [5.74, 6) is -1.01. The summed E-state index contributed by atoms with van der Waals surface area (Å²) in [7, 11) is 1.68. The van der Waals surface area contributed by atoms with E-state index in [1.54, 1.807) is 20.9 Å². The van der Waals surface area contributed by atoms with Gasteiger partial charge in [-0.3, -0.25) is 15.6 Å². The molecule has 0 saturated carbocycles. The minimum atomic E-state index is -1.01. The molecule has 106 valence electrons. The standard InChI is InChI=1S/C9H16N6O2S2/c1-5(12-14-8(18)10-3)6(2)13-15-9(19)11-4-7(16)17/h4H2,1-3H3,(H,16,17)(H2,10,14,18)(H2,11,15,19)/b12-5+,13-6+. The van der Waals surface area contributed by atoms with Crippen molar-refractivity contribution in [1.82, 2.24) is 21.5 Å². The maximum atomic E-state index is 10.3. The van der Waals surface area contributed by atoms with E-state index in [1.165, 1.54) is 0 Å². The Morgan fingerprint density at radius 2 is 1.58 bits per heavy atom. The Labute approximate surface area is 121 Å². The lowest BCUT2D eigenvalue weighted by atomic mass is 10.3. The zero-order valence-electron chi connectivity index (χ0n) is 10.8. The summed E-state index contributed by atoms with van der Waals surface area (Å²) >= 11 is 9.68. The van der Waals surface area contributed by atoms with Gasteiger partial charge in [0.15, 0.2) is 10.2 Å². The normalized spacial score (nSPS) is 11.5. The van der Waals surface area contributed by atoms with E-state index in [0.29, 0.717) is 16.5 Å². The van der Waals surface area contributed by atoms with Crippen molar-refractivity contribution >= 4 is 52.1 Å². The lowest BCUT2D eigenvalue weighted by molar-refractivity contribution is -0.135. The molecule has 0 saturated heterocycles. The van der Waals surface area contributed by atoms with Gasteiger partial charge in [-0.15, -0.1) is 0 Å². The lowest BCUT2D eigenvalue weighted by Crippen LogP contribution is -2.36. The highest BCUT2D eigenvalue weighted by Crippen LogP contribution is 1.82. The number of carbonyl (C=O) groups is 1.